The van der Waals surface area contributed by atoms with Crippen LogP contribution in [0.5, 0.6) is 0 Å². The Labute approximate surface area is 265 Å². The Balaban J connectivity index is 1.56. The van der Waals surface area contributed by atoms with Crippen LogP contribution in [0.2, 0.25) is 0 Å². The van der Waals surface area contributed by atoms with E-state index in [1.54, 1.807) is 18.9 Å². The number of piperazine rings is 1. The van der Waals surface area contributed by atoms with E-state index in [2.05, 4.69) is 35.8 Å². The second-order valence-corrected chi connectivity index (χ2v) is 13.5. The van der Waals surface area contributed by atoms with Crippen LogP contribution < -0.4 is 10.6 Å². The summed E-state index contributed by atoms with van der Waals surface area (Å²) in [6, 6.07) is 22.9. The minimum absolute atomic E-state index is 0.0446. The van der Waals surface area contributed by atoms with Gasteiger partial charge >= 0.3 is 0 Å². The quantitative estimate of drug-likeness (QED) is 0.340. The van der Waals surface area contributed by atoms with Crippen molar-refractivity contribution in [3.8, 4) is 0 Å². The molecule has 5 rings (SSSR count). The van der Waals surface area contributed by atoms with Crippen molar-refractivity contribution in [2.75, 3.05) is 26.7 Å². The van der Waals surface area contributed by atoms with Gasteiger partial charge in [0.2, 0.25) is 17.7 Å². The standard InChI is InChI=1S/C36H45N5O4/c1-24(27-12-8-7-9-13-27)20-39-21-31-40(36(23-42,35(3,4)5)38-33(44)25(2)37-6)22-32(43)41(31)30(34(39)45)19-26-16-17-28-14-10-11-15-29(28)18-26/h7-18,23-25,30-31,37H,19-22H2,1-6H3,(H,38,44)/t24?,25-,30-,31+,36+/m0/s1. The highest BCUT2D eigenvalue weighted by Crippen LogP contribution is 2.40. The smallest absolute Gasteiger partial charge is 0.245 e. The normalized spacial score (nSPS) is 21.7. The summed E-state index contributed by atoms with van der Waals surface area (Å²) in [6.07, 6.45) is 0.483. The molecule has 0 aliphatic carbocycles. The van der Waals surface area contributed by atoms with Gasteiger partial charge in [-0.05, 0) is 41.8 Å². The Kier molecular flexibility index (Phi) is 9.14. The number of nitrogens with zero attached hydrogens (tertiary/aromatic N) is 3. The fourth-order valence-corrected chi connectivity index (χ4v) is 6.74. The van der Waals surface area contributed by atoms with Gasteiger partial charge in [0.25, 0.3) is 0 Å². The Bertz CT molecular complexity index is 1570. The zero-order valence-electron chi connectivity index (χ0n) is 27.1. The second-order valence-electron chi connectivity index (χ2n) is 13.5. The molecule has 9 nitrogen and oxygen atoms in total. The van der Waals surface area contributed by atoms with Gasteiger partial charge in [0.05, 0.1) is 19.1 Å². The van der Waals surface area contributed by atoms with Crippen molar-refractivity contribution in [2.24, 2.45) is 5.41 Å². The lowest BCUT2D eigenvalue weighted by Gasteiger charge is -2.52. The fourth-order valence-electron chi connectivity index (χ4n) is 6.74. The van der Waals surface area contributed by atoms with E-state index in [0.29, 0.717) is 13.0 Å². The Morgan fingerprint density at radius 2 is 1.64 bits per heavy atom. The molecule has 0 bridgehead atoms. The van der Waals surface area contributed by atoms with Crippen LogP contribution in [-0.2, 0) is 25.6 Å². The predicted molar refractivity (Wildman–Crippen MR) is 175 cm³/mol. The van der Waals surface area contributed by atoms with E-state index in [1.165, 1.54) is 0 Å². The molecule has 2 aliphatic heterocycles. The summed E-state index contributed by atoms with van der Waals surface area (Å²) < 4.78 is 0. The van der Waals surface area contributed by atoms with E-state index in [0.717, 1.165) is 28.2 Å². The molecule has 2 heterocycles. The maximum atomic E-state index is 14.3. The molecule has 5 atom stereocenters. The molecule has 0 spiro atoms. The summed E-state index contributed by atoms with van der Waals surface area (Å²) in [5.74, 6) is -0.651. The summed E-state index contributed by atoms with van der Waals surface area (Å²) in [5.41, 5.74) is -0.229. The van der Waals surface area contributed by atoms with Gasteiger partial charge in [0.1, 0.15) is 12.2 Å². The first-order valence-corrected chi connectivity index (χ1v) is 15.7. The lowest BCUT2D eigenvalue weighted by atomic mass is 9.79. The number of hydrogen-bond acceptors (Lipinski definition) is 6. The summed E-state index contributed by atoms with van der Waals surface area (Å²) in [4.78, 5) is 60.1. The average Bonchev–Trinajstić information content (AvgIpc) is 3.36. The lowest BCUT2D eigenvalue weighted by molar-refractivity contribution is -0.161. The first-order valence-electron chi connectivity index (χ1n) is 15.7. The van der Waals surface area contributed by atoms with Crippen molar-refractivity contribution in [3.05, 3.63) is 83.9 Å². The summed E-state index contributed by atoms with van der Waals surface area (Å²) in [6.45, 7) is 10.0. The van der Waals surface area contributed by atoms with Gasteiger partial charge in [0, 0.05) is 18.4 Å². The molecule has 2 saturated heterocycles. The average molecular weight is 612 g/mol. The highest BCUT2D eigenvalue weighted by atomic mass is 16.2. The number of rotatable bonds is 10. The maximum absolute atomic E-state index is 14.3. The molecule has 2 fully saturated rings. The van der Waals surface area contributed by atoms with E-state index in [4.69, 9.17) is 0 Å². The zero-order chi connectivity index (χ0) is 32.5. The van der Waals surface area contributed by atoms with Crippen molar-refractivity contribution in [1.82, 2.24) is 25.3 Å². The van der Waals surface area contributed by atoms with Crippen LogP contribution in [-0.4, -0.2) is 89.3 Å². The molecular formula is C36H45N5O4. The minimum Gasteiger partial charge on any atom is -0.337 e. The van der Waals surface area contributed by atoms with Crippen molar-refractivity contribution in [1.29, 1.82) is 0 Å². The molecule has 9 heteroatoms. The van der Waals surface area contributed by atoms with Crippen LogP contribution in [0.25, 0.3) is 10.8 Å². The molecule has 0 saturated carbocycles. The van der Waals surface area contributed by atoms with Crippen LogP contribution in [0.15, 0.2) is 72.8 Å². The number of carbonyl (C=O) groups is 4. The molecule has 238 valence electrons. The molecule has 2 aliphatic rings. The minimum atomic E-state index is -1.51. The first kappa shape index (κ1) is 32.3. The third-order valence-electron chi connectivity index (χ3n) is 9.60. The molecule has 3 aromatic carbocycles. The van der Waals surface area contributed by atoms with E-state index in [1.807, 2.05) is 85.2 Å². The van der Waals surface area contributed by atoms with Gasteiger partial charge in [-0.15, -0.1) is 0 Å². The molecule has 45 heavy (non-hydrogen) atoms. The summed E-state index contributed by atoms with van der Waals surface area (Å²) in [7, 11) is 1.68. The summed E-state index contributed by atoms with van der Waals surface area (Å²) in [5, 5.41) is 8.12. The Hall–Kier alpha value is -4.08. The Morgan fingerprint density at radius 3 is 2.29 bits per heavy atom. The van der Waals surface area contributed by atoms with Crippen molar-refractivity contribution < 1.29 is 19.2 Å². The number of benzene rings is 3. The highest BCUT2D eigenvalue weighted by Gasteiger charge is 2.59. The first-order chi connectivity index (χ1) is 21.4. The lowest BCUT2D eigenvalue weighted by Crippen LogP contribution is -2.74. The van der Waals surface area contributed by atoms with Gasteiger partial charge < -0.3 is 20.4 Å². The second kappa shape index (κ2) is 12.7. The third kappa shape index (κ3) is 6.11. The number of hydrogen-bond donors (Lipinski definition) is 2. The maximum Gasteiger partial charge on any atom is 0.245 e. The number of likely N-dealkylation sites (N-methyl/N-ethyl adjacent to an activating group) is 1. The Morgan fingerprint density at radius 1 is 0.978 bits per heavy atom. The zero-order valence-corrected chi connectivity index (χ0v) is 27.1. The van der Waals surface area contributed by atoms with Gasteiger partial charge in [0.15, 0.2) is 11.9 Å². The van der Waals surface area contributed by atoms with Crippen LogP contribution >= 0.6 is 0 Å². The third-order valence-corrected chi connectivity index (χ3v) is 9.60. The topological polar surface area (TPSA) is 102 Å². The van der Waals surface area contributed by atoms with Crippen LogP contribution in [0.4, 0.5) is 0 Å². The van der Waals surface area contributed by atoms with Crippen molar-refractivity contribution in [3.63, 3.8) is 0 Å². The molecule has 0 radical (unpaired) electrons. The van der Waals surface area contributed by atoms with Crippen molar-refractivity contribution >= 4 is 34.8 Å². The molecule has 3 amide bonds. The van der Waals surface area contributed by atoms with E-state index in [9.17, 15) is 19.2 Å². The number of aldehydes is 1. The number of fused-ring (bicyclic) bond motifs is 2. The molecular weight excluding hydrogens is 566 g/mol. The molecule has 1 unspecified atom stereocenters. The molecule has 2 N–H and O–H groups in total. The predicted octanol–water partition coefficient (Wildman–Crippen LogP) is 3.53. The number of amides is 3. The van der Waals surface area contributed by atoms with Gasteiger partial charge in [-0.1, -0.05) is 100 Å². The van der Waals surface area contributed by atoms with Crippen LogP contribution in [0.1, 0.15) is 51.7 Å². The summed E-state index contributed by atoms with van der Waals surface area (Å²) >= 11 is 0. The monoisotopic (exact) mass is 611 g/mol. The molecule has 0 aromatic heterocycles. The van der Waals surface area contributed by atoms with Crippen LogP contribution in [0.3, 0.4) is 0 Å². The van der Waals surface area contributed by atoms with Crippen molar-refractivity contribution in [2.45, 2.75) is 70.9 Å². The van der Waals surface area contributed by atoms with E-state index < -0.39 is 29.3 Å². The van der Waals surface area contributed by atoms with Gasteiger partial charge in [-0.3, -0.25) is 19.2 Å². The van der Waals surface area contributed by atoms with E-state index in [-0.39, 0.29) is 36.7 Å². The largest absolute Gasteiger partial charge is 0.337 e. The molecule has 3 aromatic rings. The SMILES string of the molecule is CN[C@@H](C)C(=O)N[C@](C=O)(N1CC(=O)N2[C@@H](Cc3ccc4ccccc4c3)C(=O)N(CC(C)c3ccccc3)C[C@@H]21)C(C)(C)C. The van der Waals surface area contributed by atoms with Gasteiger partial charge in [-0.25, -0.2) is 4.90 Å². The number of carbonyl (C=O) groups excluding carboxylic acids is 4. The highest BCUT2D eigenvalue weighted by molar-refractivity contribution is 5.93. The fraction of sp³-hybridized carbons (Fsp3) is 0.444. The van der Waals surface area contributed by atoms with Crippen LogP contribution in [0, 0.1) is 5.41 Å². The number of nitrogens with one attached hydrogen (secondary N) is 2. The van der Waals surface area contributed by atoms with E-state index >= 15 is 0 Å². The van der Waals surface area contributed by atoms with Gasteiger partial charge in [-0.2, -0.15) is 0 Å².